The second-order valence-corrected chi connectivity index (χ2v) is 5.62. The maximum Gasteiger partial charge on any atom is 0.244 e. The van der Waals surface area contributed by atoms with Gasteiger partial charge in [-0.15, -0.1) is 0 Å². The van der Waals surface area contributed by atoms with E-state index in [1.54, 1.807) is 19.3 Å². The molecule has 3 rings (SSSR count). The van der Waals surface area contributed by atoms with Crippen molar-refractivity contribution in [2.75, 3.05) is 26.9 Å². The van der Waals surface area contributed by atoms with Gasteiger partial charge in [-0.25, -0.2) is 0 Å². The molecule has 0 spiro atoms. The molecule has 5 nitrogen and oxygen atoms in total. The molecule has 130 valence electrons. The van der Waals surface area contributed by atoms with Gasteiger partial charge in [0.05, 0.1) is 20.3 Å². The predicted molar refractivity (Wildman–Crippen MR) is 96.2 cm³/mol. The summed E-state index contributed by atoms with van der Waals surface area (Å²) in [5, 5.41) is 2.80. The molecule has 1 aliphatic heterocycles. The van der Waals surface area contributed by atoms with Crippen molar-refractivity contribution in [3.05, 3.63) is 59.7 Å². The minimum atomic E-state index is -0.147. The molecule has 0 saturated heterocycles. The Morgan fingerprint density at radius 2 is 2.12 bits per heavy atom. The smallest absolute Gasteiger partial charge is 0.244 e. The molecule has 1 N–H and O–H groups in total. The summed E-state index contributed by atoms with van der Waals surface area (Å²) < 4.78 is 16.2. The van der Waals surface area contributed by atoms with Crippen molar-refractivity contribution >= 4 is 12.0 Å². The third-order valence-corrected chi connectivity index (χ3v) is 3.85. The van der Waals surface area contributed by atoms with E-state index in [-0.39, 0.29) is 5.91 Å². The Morgan fingerprint density at radius 1 is 1.24 bits per heavy atom. The number of benzene rings is 2. The van der Waals surface area contributed by atoms with Crippen LogP contribution in [0.25, 0.3) is 6.08 Å². The lowest BCUT2D eigenvalue weighted by Gasteiger charge is -2.08. The minimum Gasteiger partial charge on any atom is -0.497 e. The van der Waals surface area contributed by atoms with Gasteiger partial charge in [0.2, 0.25) is 5.91 Å². The van der Waals surface area contributed by atoms with Crippen molar-refractivity contribution < 1.29 is 19.0 Å². The van der Waals surface area contributed by atoms with Gasteiger partial charge in [-0.3, -0.25) is 4.79 Å². The van der Waals surface area contributed by atoms with Gasteiger partial charge in [-0.1, -0.05) is 12.1 Å². The number of rotatable bonds is 7. The van der Waals surface area contributed by atoms with Gasteiger partial charge in [0.1, 0.15) is 23.9 Å². The average molecular weight is 339 g/mol. The van der Waals surface area contributed by atoms with Crippen molar-refractivity contribution in [1.82, 2.24) is 5.32 Å². The second-order valence-electron chi connectivity index (χ2n) is 5.62. The summed E-state index contributed by atoms with van der Waals surface area (Å²) in [6.07, 6.45) is 4.25. The molecular formula is C20H21NO4. The van der Waals surface area contributed by atoms with E-state index in [2.05, 4.69) is 11.4 Å². The molecule has 2 aromatic carbocycles. The molecule has 5 heteroatoms. The number of hydrogen-bond acceptors (Lipinski definition) is 4. The lowest BCUT2D eigenvalue weighted by atomic mass is 10.1. The topological polar surface area (TPSA) is 56.8 Å². The first kappa shape index (κ1) is 16.9. The Bertz CT molecular complexity index is 770. The number of carbonyl (C=O) groups is 1. The number of carbonyl (C=O) groups excluding carboxylic acids is 1. The lowest BCUT2D eigenvalue weighted by molar-refractivity contribution is -0.116. The molecule has 25 heavy (non-hydrogen) atoms. The highest BCUT2D eigenvalue weighted by Crippen LogP contribution is 2.26. The van der Waals surface area contributed by atoms with E-state index in [0.29, 0.717) is 18.9 Å². The van der Waals surface area contributed by atoms with Crippen LogP contribution in [-0.2, 0) is 11.2 Å². The van der Waals surface area contributed by atoms with Gasteiger partial charge in [-0.05, 0) is 41.5 Å². The number of amides is 1. The first-order chi connectivity index (χ1) is 12.2. The molecule has 0 aliphatic carbocycles. The van der Waals surface area contributed by atoms with Crippen LogP contribution in [0.1, 0.15) is 11.1 Å². The molecule has 0 fully saturated rings. The Kier molecular flexibility index (Phi) is 5.57. The van der Waals surface area contributed by atoms with Crippen LogP contribution < -0.4 is 19.5 Å². The van der Waals surface area contributed by atoms with Gasteiger partial charge in [0.15, 0.2) is 0 Å². The van der Waals surface area contributed by atoms with Crippen LogP contribution in [0.5, 0.6) is 17.2 Å². The monoisotopic (exact) mass is 339 g/mol. The molecule has 2 aromatic rings. The minimum absolute atomic E-state index is 0.147. The van der Waals surface area contributed by atoms with Gasteiger partial charge in [0.25, 0.3) is 0 Å². The normalized spacial score (nSPS) is 12.5. The number of fused-ring (bicyclic) bond motifs is 1. The van der Waals surface area contributed by atoms with Gasteiger partial charge >= 0.3 is 0 Å². The number of ether oxygens (including phenoxy) is 3. The first-order valence-electron chi connectivity index (χ1n) is 8.23. The Balaban J connectivity index is 1.42. The highest BCUT2D eigenvalue weighted by Gasteiger charge is 2.11. The SMILES string of the molecule is COc1cccc(OCCNC(=O)/C=C/c2ccc3c(c2)CCO3)c1. The van der Waals surface area contributed by atoms with Crippen molar-refractivity contribution in [2.45, 2.75) is 6.42 Å². The fourth-order valence-corrected chi connectivity index (χ4v) is 2.58. The third kappa shape index (κ3) is 4.76. The molecule has 0 aromatic heterocycles. The molecule has 0 bridgehead atoms. The second kappa shape index (κ2) is 8.24. The van der Waals surface area contributed by atoms with E-state index in [0.717, 1.165) is 30.1 Å². The van der Waals surface area contributed by atoms with Crippen molar-refractivity contribution in [2.24, 2.45) is 0 Å². The summed E-state index contributed by atoms with van der Waals surface area (Å²) in [6.45, 7) is 1.55. The lowest BCUT2D eigenvalue weighted by Crippen LogP contribution is -2.26. The summed E-state index contributed by atoms with van der Waals surface area (Å²) >= 11 is 0. The zero-order valence-electron chi connectivity index (χ0n) is 14.2. The van der Waals surface area contributed by atoms with Crippen LogP contribution in [0.2, 0.25) is 0 Å². The van der Waals surface area contributed by atoms with Crippen LogP contribution in [0, 0.1) is 0 Å². The van der Waals surface area contributed by atoms with E-state index in [9.17, 15) is 4.79 Å². The van der Waals surface area contributed by atoms with Gasteiger partial charge < -0.3 is 19.5 Å². The molecule has 1 aliphatic rings. The maximum atomic E-state index is 11.9. The van der Waals surface area contributed by atoms with Crippen LogP contribution >= 0.6 is 0 Å². The summed E-state index contributed by atoms with van der Waals surface area (Å²) in [6, 6.07) is 13.3. The molecule has 0 radical (unpaired) electrons. The predicted octanol–water partition coefficient (Wildman–Crippen LogP) is 2.84. The molecule has 1 heterocycles. The molecular weight excluding hydrogens is 318 g/mol. The standard InChI is InChI=1S/C20H21NO4/c1-23-17-3-2-4-18(14-17)24-12-10-21-20(22)8-6-15-5-7-19-16(13-15)9-11-25-19/h2-8,13-14H,9-12H2,1H3,(H,21,22)/b8-6+. The van der Waals surface area contributed by atoms with E-state index >= 15 is 0 Å². The molecule has 0 atom stereocenters. The van der Waals surface area contributed by atoms with E-state index < -0.39 is 0 Å². The van der Waals surface area contributed by atoms with Crippen molar-refractivity contribution in [3.63, 3.8) is 0 Å². The highest BCUT2D eigenvalue weighted by atomic mass is 16.5. The van der Waals surface area contributed by atoms with Gasteiger partial charge in [0, 0.05) is 18.6 Å². The van der Waals surface area contributed by atoms with Crippen molar-refractivity contribution in [1.29, 1.82) is 0 Å². The third-order valence-electron chi connectivity index (χ3n) is 3.85. The average Bonchev–Trinajstić information content (AvgIpc) is 3.11. The van der Waals surface area contributed by atoms with Crippen molar-refractivity contribution in [3.8, 4) is 17.2 Å². The van der Waals surface area contributed by atoms with E-state index in [1.165, 1.54) is 11.6 Å². The van der Waals surface area contributed by atoms with Gasteiger partial charge in [-0.2, -0.15) is 0 Å². The quantitative estimate of drug-likeness (QED) is 0.622. The zero-order valence-corrected chi connectivity index (χ0v) is 14.2. The summed E-state index contributed by atoms with van der Waals surface area (Å²) in [7, 11) is 1.61. The largest absolute Gasteiger partial charge is 0.497 e. The Morgan fingerprint density at radius 3 is 3.00 bits per heavy atom. The highest BCUT2D eigenvalue weighted by molar-refractivity contribution is 5.91. The Labute approximate surface area is 147 Å². The number of hydrogen-bond donors (Lipinski definition) is 1. The van der Waals surface area contributed by atoms with Crippen LogP contribution in [0.4, 0.5) is 0 Å². The maximum absolute atomic E-state index is 11.9. The van der Waals surface area contributed by atoms with E-state index in [1.807, 2.05) is 30.3 Å². The van der Waals surface area contributed by atoms with Crippen LogP contribution in [-0.4, -0.2) is 32.8 Å². The summed E-state index contributed by atoms with van der Waals surface area (Å²) in [5.74, 6) is 2.25. The van der Waals surface area contributed by atoms with Crippen LogP contribution in [0.3, 0.4) is 0 Å². The molecule has 1 amide bonds. The number of methoxy groups -OCH3 is 1. The zero-order chi connectivity index (χ0) is 17.5. The fraction of sp³-hybridized carbons (Fsp3) is 0.250. The first-order valence-corrected chi connectivity index (χ1v) is 8.23. The number of nitrogens with one attached hydrogen (secondary N) is 1. The summed E-state index contributed by atoms with van der Waals surface area (Å²) in [4.78, 5) is 11.9. The molecule has 0 saturated carbocycles. The fourth-order valence-electron chi connectivity index (χ4n) is 2.58. The van der Waals surface area contributed by atoms with Crippen LogP contribution in [0.15, 0.2) is 48.5 Å². The van der Waals surface area contributed by atoms with E-state index in [4.69, 9.17) is 14.2 Å². The summed E-state index contributed by atoms with van der Waals surface area (Å²) in [5.41, 5.74) is 2.18. The Hall–Kier alpha value is -2.95. The molecule has 0 unspecified atom stereocenters.